The topological polar surface area (TPSA) is 69.6 Å². The van der Waals surface area contributed by atoms with E-state index in [1.54, 1.807) is 4.90 Å². The average Bonchev–Trinajstić information content (AvgIpc) is 2.84. The molecule has 84 valence electrons. The third-order valence-corrected chi connectivity index (χ3v) is 3.15. The Labute approximate surface area is 88.4 Å². The minimum atomic E-state index is -0.324. The number of nitrogens with one attached hydrogen (secondary N) is 1. The van der Waals surface area contributed by atoms with Crippen LogP contribution in [0.15, 0.2) is 0 Å². The molecule has 5 nitrogen and oxygen atoms in total. The SMILES string of the molecule is O=C1CCC(C(=O)N2CCC(CO)C2)N1. The first kappa shape index (κ1) is 10.4. The van der Waals surface area contributed by atoms with Gasteiger partial charge in [0, 0.05) is 32.0 Å². The molecule has 2 aliphatic rings. The molecule has 0 bridgehead atoms. The van der Waals surface area contributed by atoms with Gasteiger partial charge in [-0.15, -0.1) is 0 Å². The molecule has 2 heterocycles. The summed E-state index contributed by atoms with van der Waals surface area (Å²) in [4.78, 5) is 24.6. The molecule has 2 N–H and O–H groups in total. The summed E-state index contributed by atoms with van der Waals surface area (Å²) in [5.41, 5.74) is 0. The van der Waals surface area contributed by atoms with Crippen molar-refractivity contribution >= 4 is 11.8 Å². The van der Waals surface area contributed by atoms with Crippen molar-refractivity contribution in [3.63, 3.8) is 0 Å². The summed E-state index contributed by atoms with van der Waals surface area (Å²) in [7, 11) is 0. The van der Waals surface area contributed by atoms with E-state index in [1.165, 1.54) is 0 Å². The summed E-state index contributed by atoms with van der Waals surface area (Å²) in [6.45, 7) is 1.47. The van der Waals surface area contributed by atoms with E-state index in [0.717, 1.165) is 6.42 Å². The van der Waals surface area contributed by atoms with E-state index in [4.69, 9.17) is 5.11 Å². The number of rotatable bonds is 2. The maximum atomic E-state index is 11.9. The molecular formula is C10H16N2O3. The molecular weight excluding hydrogens is 196 g/mol. The Bertz CT molecular complexity index is 280. The second-order valence-corrected chi connectivity index (χ2v) is 4.28. The number of hydrogen-bond donors (Lipinski definition) is 2. The van der Waals surface area contributed by atoms with Gasteiger partial charge in [0.25, 0.3) is 0 Å². The Balaban J connectivity index is 1.89. The summed E-state index contributed by atoms with van der Waals surface area (Å²) in [5.74, 6) is 0.189. The summed E-state index contributed by atoms with van der Waals surface area (Å²) >= 11 is 0. The molecule has 0 aromatic heterocycles. The largest absolute Gasteiger partial charge is 0.396 e. The van der Waals surface area contributed by atoms with E-state index >= 15 is 0 Å². The molecule has 0 radical (unpaired) electrons. The standard InChI is InChI=1S/C10H16N2O3/c13-6-7-3-4-12(5-7)10(15)8-1-2-9(14)11-8/h7-8,13H,1-6H2,(H,11,14). The Morgan fingerprint density at radius 2 is 2.33 bits per heavy atom. The zero-order chi connectivity index (χ0) is 10.8. The van der Waals surface area contributed by atoms with Crippen LogP contribution in [0, 0.1) is 5.92 Å². The van der Waals surface area contributed by atoms with Crippen LogP contribution in [0.4, 0.5) is 0 Å². The van der Waals surface area contributed by atoms with Gasteiger partial charge in [0.2, 0.25) is 11.8 Å². The Morgan fingerprint density at radius 1 is 1.53 bits per heavy atom. The van der Waals surface area contributed by atoms with Crippen molar-refractivity contribution in [1.29, 1.82) is 0 Å². The average molecular weight is 212 g/mol. The van der Waals surface area contributed by atoms with Crippen LogP contribution < -0.4 is 5.32 Å². The normalized spacial score (nSPS) is 30.7. The second kappa shape index (κ2) is 4.18. The number of hydrogen-bond acceptors (Lipinski definition) is 3. The molecule has 0 aromatic carbocycles. The van der Waals surface area contributed by atoms with E-state index < -0.39 is 0 Å². The molecule has 2 atom stereocenters. The van der Waals surface area contributed by atoms with Gasteiger partial charge in [-0.3, -0.25) is 9.59 Å². The van der Waals surface area contributed by atoms with Crippen LogP contribution in [0.25, 0.3) is 0 Å². The van der Waals surface area contributed by atoms with E-state index in [-0.39, 0.29) is 30.4 Å². The van der Waals surface area contributed by atoms with Crippen LogP contribution in [0.1, 0.15) is 19.3 Å². The highest BCUT2D eigenvalue weighted by Gasteiger charge is 2.34. The van der Waals surface area contributed by atoms with Gasteiger partial charge in [0.1, 0.15) is 6.04 Å². The van der Waals surface area contributed by atoms with Crippen LogP contribution in [-0.4, -0.2) is 47.6 Å². The quantitative estimate of drug-likeness (QED) is 0.623. The monoisotopic (exact) mass is 212 g/mol. The molecule has 2 rings (SSSR count). The number of likely N-dealkylation sites (tertiary alicyclic amines) is 1. The van der Waals surface area contributed by atoms with E-state index in [2.05, 4.69) is 5.32 Å². The van der Waals surface area contributed by atoms with Crippen molar-refractivity contribution in [2.24, 2.45) is 5.92 Å². The first-order valence-electron chi connectivity index (χ1n) is 5.39. The number of amides is 2. The lowest BCUT2D eigenvalue weighted by Crippen LogP contribution is -2.43. The summed E-state index contributed by atoms with van der Waals surface area (Å²) in [5, 5.41) is 11.6. The molecule has 15 heavy (non-hydrogen) atoms. The van der Waals surface area contributed by atoms with E-state index in [0.29, 0.717) is 25.9 Å². The number of carbonyl (C=O) groups is 2. The van der Waals surface area contributed by atoms with Crippen LogP contribution in [0.2, 0.25) is 0 Å². The van der Waals surface area contributed by atoms with Crippen molar-refractivity contribution in [3.05, 3.63) is 0 Å². The maximum Gasteiger partial charge on any atom is 0.245 e. The zero-order valence-electron chi connectivity index (χ0n) is 8.61. The molecule has 5 heteroatoms. The second-order valence-electron chi connectivity index (χ2n) is 4.28. The number of nitrogens with zero attached hydrogens (tertiary/aromatic N) is 1. The highest BCUT2D eigenvalue weighted by molar-refractivity contribution is 5.90. The highest BCUT2D eigenvalue weighted by Crippen LogP contribution is 2.18. The predicted molar refractivity (Wildman–Crippen MR) is 52.9 cm³/mol. The number of aliphatic hydroxyl groups is 1. The van der Waals surface area contributed by atoms with Crippen molar-refractivity contribution in [1.82, 2.24) is 10.2 Å². The van der Waals surface area contributed by atoms with Crippen LogP contribution >= 0.6 is 0 Å². The van der Waals surface area contributed by atoms with Gasteiger partial charge in [0.15, 0.2) is 0 Å². The molecule has 0 saturated carbocycles. The molecule has 2 saturated heterocycles. The predicted octanol–water partition coefficient (Wildman–Crippen LogP) is -0.894. The number of aliphatic hydroxyl groups excluding tert-OH is 1. The fourth-order valence-corrected chi connectivity index (χ4v) is 2.20. The lowest BCUT2D eigenvalue weighted by atomic mass is 10.1. The lowest BCUT2D eigenvalue weighted by Gasteiger charge is -2.20. The van der Waals surface area contributed by atoms with Crippen LogP contribution in [0.5, 0.6) is 0 Å². The smallest absolute Gasteiger partial charge is 0.245 e. The van der Waals surface area contributed by atoms with Crippen molar-refractivity contribution in [2.45, 2.75) is 25.3 Å². The molecule has 0 spiro atoms. The maximum absolute atomic E-state index is 11.9. The minimum Gasteiger partial charge on any atom is -0.396 e. The molecule has 0 aliphatic carbocycles. The summed E-state index contributed by atoms with van der Waals surface area (Å²) in [6, 6.07) is -0.324. The Kier molecular flexibility index (Phi) is 2.90. The summed E-state index contributed by atoms with van der Waals surface area (Å²) in [6.07, 6.45) is 1.93. The molecule has 2 amide bonds. The van der Waals surface area contributed by atoms with Gasteiger partial charge in [-0.1, -0.05) is 0 Å². The van der Waals surface area contributed by atoms with E-state index in [9.17, 15) is 9.59 Å². The minimum absolute atomic E-state index is 0.0109. The van der Waals surface area contributed by atoms with E-state index in [1.807, 2.05) is 0 Å². The van der Waals surface area contributed by atoms with Crippen molar-refractivity contribution < 1.29 is 14.7 Å². The lowest BCUT2D eigenvalue weighted by molar-refractivity contribution is -0.133. The fraction of sp³-hybridized carbons (Fsp3) is 0.800. The third-order valence-electron chi connectivity index (χ3n) is 3.15. The van der Waals surface area contributed by atoms with Gasteiger partial charge in [0.05, 0.1) is 0 Å². The van der Waals surface area contributed by atoms with Gasteiger partial charge >= 0.3 is 0 Å². The fourth-order valence-electron chi connectivity index (χ4n) is 2.20. The van der Waals surface area contributed by atoms with Gasteiger partial charge in [-0.2, -0.15) is 0 Å². The molecule has 2 unspecified atom stereocenters. The third kappa shape index (κ3) is 2.12. The van der Waals surface area contributed by atoms with Crippen molar-refractivity contribution in [3.8, 4) is 0 Å². The molecule has 2 fully saturated rings. The molecule has 0 aromatic rings. The van der Waals surface area contributed by atoms with Crippen LogP contribution in [-0.2, 0) is 9.59 Å². The Hall–Kier alpha value is -1.10. The first-order chi connectivity index (χ1) is 7.20. The van der Waals surface area contributed by atoms with Gasteiger partial charge < -0.3 is 15.3 Å². The Morgan fingerprint density at radius 3 is 2.87 bits per heavy atom. The summed E-state index contributed by atoms with van der Waals surface area (Å²) < 4.78 is 0. The first-order valence-corrected chi connectivity index (χ1v) is 5.39. The van der Waals surface area contributed by atoms with Crippen LogP contribution in [0.3, 0.4) is 0 Å². The van der Waals surface area contributed by atoms with Gasteiger partial charge in [-0.25, -0.2) is 0 Å². The zero-order valence-corrected chi connectivity index (χ0v) is 8.61. The van der Waals surface area contributed by atoms with Crippen molar-refractivity contribution in [2.75, 3.05) is 19.7 Å². The highest BCUT2D eigenvalue weighted by atomic mass is 16.3. The molecule has 2 aliphatic heterocycles. The van der Waals surface area contributed by atoms with Gasteiger partial charge in [-0.05, 0) is 12.8 Å². The number of carbonyl (C=O) groups excluding carboxylic acids is 2.